The van der Waals surface area contributed by atoms with Crippen molar-refractivity contribution in [2.24, 2.45) is 0 Å². The lowest BCUT2D eigenvalue weighted by molar-refractivity contribution is 0.102. The summed E-state index contributed by atoms with van der Waals surface area (Å²) in [5, 5.41) is 4.38. The average molecular weight is 298 g/mol. The number of aromatic nitrogens is 2. The van der Waals surface area contributed by atoms with Crippen molar-refractivity contribution in [3.05, 3.63) is 65.1 Å². The van der Waals surface area contributed by atoms with Crippen molar-refractivity contribution in [2.45, 2.75) is 6.92 Å². The molecule has 1 aromatic carbocycles. The molecule has 0 bridgehead atoms. The Labute approximate surface area is 126 Å². The molecule has 3 aromatic rings. The van der Waals surface area contributed by atoms with Crippen LogP contribution in [0.25, 0.3) is 10.9 Å². The number of rotatable bonds is 2. The summed E-state index contributed by atoms with van der Waals surface area (Å²) in [5.74, 6) is -0.251. The lowest BCUT2D eigenvalue weighted by Gasteiger charge is -2.08. The van der Waals surface area contributed by atoms with Crippen LogP contribution < -0.4 is 5.32 Å². The van der Waals surface area contributed by atoms with E-state index in [1.54, 1.807) is 42.7 Å². The van der Waals surface area contributed by atoms with Gasteiger partial charge in [-0.15, -0.1) is 0 Å². The Morgan fingerprint density at radius 1 is 1.19 bits per heavy atom. The van der Waals surface area contributed by atoms with Crippen LogP contribution in [0.5, 0.6) is 0 Å². The molecule has 0 saturated carbocycles. The van der Waals surface area contributed by atoms with Gasteiger partial charge in [0.25, 0.3) is 5.91 Å². The Balaban J connectivity index is 1.89. The third kappa shape index (κ3) is 2.85. The number of halogens is 1. The second-order valence-corrected chi connectivity index (χ2v) is 5.11. The van der Waals surface area contributed by atoms with Gasteiger partial charge >= 0.3 is 0 Å². The molecular weight excluding hydrogens is 286 g/mol. The van der Waals surface area contributed by atoms with E-state index < -0.39 is 0 Å². The monoisotopic (exact) mass is 297 g/mol. The number of carbonyl (C=O) groups is 1. The van der Waals surface area contributed by atoms with E-state index in [9.17, 15) is 4.79 Å². The minimum Gasteiger partial charge on any atom is -0.320 e. The minimum absolute atomic E-state index is 0.251. The standard InChI is InChI=1S/C16H12ClN3O/c1-10-8-12(17)3-5-13(10)20-16(21)15-4-2-11-9-18-7-6-14(11)19-15/h2-9H,1H3,(H,20,21). The first-order valence-corrected chi connectivity index (χ1v) is 6.79. The third-order valence-electron chi connectivity index (χ3n) is 3.16. The summed E-state index contributed by atoms with van der Waals surface area (Å²) in [6.45, 7) is 1.89. The third-order valence-corrected chi connectivity index (χ3v) is 3.39. The van der Waals surface area contributed by atoms with E-state index in [4.69, 9.17) is 11.6 Å². The molecule has 4 nitrogen and oxygen atoms in total. The van der Waals surface area contributed by atoms with Crippen molar-refractivity contribution in [1.82, 2.24) is 9.97 Å². The number of anilines is 1. The highest BCUT2D eigenvalue weighted by Gasteiger charge is 2.10. The van der Waals surface area contributed by atoms with Gasteiger partial charge in [0.05, 0.1) is 5.52 Å². The number of hydrogen-bond donors (Lipinski definition) is 1. The highest BCUT2D eigenvalue weighted by Crippen LogP contribution is 2.20. The van der Waals surface area contributed by atoms with E-state index in [1.165, 1.54) is 0 Å². The predicted molar refractivity (Wildman–Crippen MR) is 83.7 cm³/mol. The highest BCUT2D eigenvalue weighted by molar-refractivity contribution is 6.30. The predicted octanol–water partition coefficient (Wildman–Crippen LogP) is 3.84. The van der Waals surface area contributed by atoms with Gasteiger partial charge in [0.15, 0.2) is 0 Å². The Hall–Kier alpha value is -2.46. The molecule has 0 spiro atoms. The molecule has 0 fully saturated rings. The fraction of sp³-hybridized carbons (Fsp3) is 0.0625. The first-order valence-electron chi connectivity index (χ1n) is 6.42. The van der Waals surface area contributed by atoms with Crippen molar-refractivity contribution in [2.75, 3.05) is 5.32 Å². The zero-order valence-corrected chi connectivity index (χ0v) is 12.1. The van der Waals surface area contributed by atoms with Crippen molar-refractivity contribution < 1.29 is 4.79 Å². The van der Waals surface area contributed by atoms with Gasteiger partial charge in [0.2, 0.25) is 0 Å². The summed E-state index contributed by atoms with van der Waals surface area (Å²) < 4.78 is 0. The molecule has 0 aliphatic carbocycles. The Morgan fingerprint density at radius 2 is 2.05 bits per heavy atom. The highest BCUT2D eigenvalue weighted by atomic mass is 35.5. The summed E-state index contributed by atoms with van der Waals surface area (Å²) in [4.78, 5) is 20.6. The van der Waals surface area contributed by atoms with Crippen molar-refractivity contribution in [3.8, 4) is 0 Å². The molecule has 0 radical (unpaired) electrons. The summed E-state index contributed by atoms with van der Waals surface area (Å²) in [7, 11) is 0. The quantitative estimate of drug-likeness (QED) is 0.782. The van der Waals surface area contributed by atoms with Crippen LogP contribution in [0.15, 0.2) is 48.8 Å². The van der Waals surface area contributed by atoms with E-state index in [0.29, 0.717) is 10.7 Å². The van der Waals surface area contributed by atoms with Crippen LogP contribution in [-0.2, 0) is 0 Å². The molecule has 1 N–H and O–H groups in total. The van der Waals surface area contributed by atoms with Crippen LogP contribution in [-0.4, -0.2) is 15.9 Å². The zero-order valence-electron chi connectivity index (χ0n) is 11.3. The SMILES string of the molecule is Cc1cc(Cl)ccc1NC(=O)c1ccc2cnccc2n1. The number of nitrogens with zero attached hydrogens (tertiary/aromatic N) is 2. The number of aryl methyl sites for hydroxylation is 1. The Morgan fingerprint density at radius 3 is 2.86 bits per heavy atom. The number of nitrogens with one attached hydrogen (secondary N) is 1. The largest absolute Gasteiger partial charge is 0.320 e. The fourth-order valence-electron chi connectivity index (χ4n) is 2.05. The van der Waals surface area contributed by atoms with Crippen molar-refractivity contribution in [1.29, 1.82) is 0 Å². The van der Waals surface area contributed by atoms with E-state index >= 15 is 0 Å². The second kappa shape index (κ2) is 5.50. The molecule has 5 heteroatoms. The van der Waals surface area contributed by atoms with Crippen LogP contribution in [0.2, 0.25) is 5.02 Å². The van der Waals surface area contributed by atoms with Crippen LogP contribution in [0.4, 0.5) is 5.69 Å². The van der Waals surface area contributed by atoms with E-state index in [-0.39, 0.29) is 5.91 Å². The smallest absolute Gasteiger partial charge is 0.274 e. The lowest BCUT2D eigenvalue weighted by Crippen LogP contribution is -2.14. The zero-order chi connectivity index (χ0) is 14.8. The van der Waals surface area contributed by atoms with Gasteiger partial charge in [0, 0.05) is 28.5 Å². The summed E-state index contributed by atoms with van der Waals surface area (Å²) >= 11 is 5.90. The summed E-state index contributed by atoms with van der Waals surface area (Å²) in [6.07, 6.45) is 3.37. The summed E-state index contributed by atoms with van der Waals surface area (Å²) in [6, 6.07) is 10.6. The number of carbonyl (C=O) groups excluding carboxylic acids is 1. The number of amides is 1. The number of hydrogen-bond acceptors (Lipinski definition) is 3. The van der Waals surface area contributed by atoms with E-state index in [0.717, 1.165) is 22.2 Å². The van der Waals surface area contributed by atoms with Crippen LogP contribution >= 0.6 is 11.6 Å². The molecule has 2 heterocycles. The van der Waals surface area contributed by atoms with E-state index in [1.807, 2.05) is 13.0 Å². The molecule has 0 unspecified atom stereocenters. The number of benzene rings is 1. The molecule has 0 saturated heterocycles. The number of pyridine rings is 2. The van der Waals surface area contributed by atoms with Gasteiger partial charge in [0.1, 0.15) is 5.69 Å². The fourth-order valence-corrected chi connectivity index (χ4v) is 2.27. The van der Waals surface area contributed by atoms with Gasteiger partial charge in [-0.05, 0) is 48.9 Å². The van der Waals surface area contributed by atoms with E-state index in [2.05, 4.69) is 15.3 Å². The lowest BCUT2D eigenvalue weighted by atomic mass is 10.2. The Bertz CT molecular complexity index is 833. The van der Waals surface area contributed by atoms with Crippen LogP contribution in [0.1, 0.15) is 16.1 Å². The van der Waals surface area contributed by atoms with Gasteiger partial charge in [-0.2, -0.15) is 0 Å². The first kappa shape index (κ1) is 13.5. The maximum absolute atomic E-state index is 12.3. The molecule has 2 aromatic heterocycles. The van der Waals surface area contributed by atoms with Gasteiger partial charge < -0.3 is 5.32 Å². The van der Waals surface area contributed by atoms with Crippen LogP contribution in [0.3, 0.4) is 0 Å². The van der Waals surface area contributed by atoms with Crippen molar-refractivity contribution >= 4 is 34.1 Å². The minimum atomic E-state index is -0.251. The van der Waals surface area contributed by atoms with Gasteiger partial charge in [-0.25, -0.2) is 4.98 Å². The summed E-state index contributed by atoms with van der Waals surface area (Å²) in [5.41, 5.74) is 2.73. The average Bonchev–Trinajstić information content (AvgIpc) is 2.49. The maximum Gasteiger partial charge on any atom is 0.274 e. The molecule has 1 amide bonds. The molecule has 21 heavy (non-hydrogen) atoms. The Kier molecular flexibility index (Phi) is 3.54. The molecule has 0 aliphatic rings. The van der Waals surface area contributed by atoms with Gasteiger partial charge in [-0.1, -0.05) is 11.6 Å². The topological polar surface area (TPSA) is 54.9 Å². The van der Waals surface area contributed by atoms with Crippen molar-refractivity contribution in [3.63, 3.8) is 0 Å². The van der Waals surface area contributed by atoms with Crippen LogP contribution in [0, 0.1) is 6.92 Å². The molecule has 0 aliphatic heterocycles. The molecule has 0 atom stereocenters. The normalized spacial score (nSPS) is 10.6. The second-order valence-electron chi connectivity index (χ2n) is 4.68. The maximum atomic E-state index is 12.3. The molecule has 104 valence electrons. The van der Waals surface area contributed by atoms with Gasteiger partial charge in [-0.3, -0.25) is 9.78 Å². The number of fused-ring (bicyclic) bond motifs is 1. The molecular formula is C16H12ClN3O. The first-order chi connectivity index (χ1) is 10.1. The molecule has 3 rings (SSSR count).